The highest BCUT2D eigenvalue weighted by Gasteiger charge is 2.21. The van der Waals surface area contributed by atoms with Crippen LogP contribution in [0.5, 0.6) is 0 Å². The number of sulfonamides is 1. The predicted molar refractivity (Wildman–Crippen MR) is 74.6 cm³/mol. The third kappa shape index (κ3) is 3.55. The fraction of sp³-hybridized carbons (Fsp3) is 0.750. The Bertz CT molecular complexity index is 548. The van der Waals surface area contributed by atoms with E-state index in [1.165, 1.54) is 11.9 Å². The quantitative estimate of drug-likeness (QED) is 0.811. The van der Waals surface area contributed by atoms with Gasteiger partial charge in [0.05, 0.1) is 11.9 Å². The van der Waals surface area contributed by atoms with Crippen molar-refractivity contribution in [3.05, 3.63) is 17.2 Å². The molecule has 0 atom stereocenters. The van der Waals surface area contributed by atoms with Crippen LogP contribution in [0.25, 0.3) is 0 Å². The molecule has 0 unspecified atom stereocenters. The molecule has 1 aliphatic rings. The molecule has 0 fully saturated rings. The fourth-order valence-corrected chi connectivity index (χ4v) is 2.89. The van der Waals surface area contributed by atoms with E-state index in [-0.39, 0.29) is 0 Å². The molecule has 0 saturated heterocycles. The van der Waals surface area contributed by atoms with Crippen LogP contribution in [0.15, 0.2) is 0 Å². The van der Waals surface area contributed by atoms with Gasteiger partial charge < -0.3 is 9.88 Å². The van der Waals surface area contributed by atoms with E-state index < -0.39 is 10.0 Å². The summed E-state index contributed by atoms with van der Waals surface area (Å²) >= 11 is 0. The topological polar surface area (TPSA) is 76.0 Å². The first-order valence-corrected chi connectivity index (χ1v) is 8.51. The maximum absolute atomic E-state index is 11.1. The lowest BCUT2D eigenvalue weighted by Gasteiger charge is -2.17. The summed E-state index contributed by atoms with van der Waals surface area (Å²) in [5.41, 5.74) is 2.35. The van der Waals surface area contributed by atoms with Crippen LogP contribution in [0.3, 0.4) is 0 Å². The lowest BCUT2D eigenvalue weighted by atomic mass is 10.2. The van der Waals surface area contributed by atoms with Crippen LogP contribution >= 0.6 is 0 Å². The zero-order valence-electron chi connectivity index (χ0n) is 11.7. The Hall–Kier alpha value is -0.920. The van der Waals surface area contributed by atoms with Gasteiger partial charge in [-0.3, -0.25) is 0 Å². The van der Waals surface area contributed by atoms with Gasteiger partial charge in [0.1, 0.15) is 5.82 Å². The van der Waals surface area contributed by atoms with Gasteiger partial charge in [-0.1, -0.05) is 13.8 Å². The molecule has 1 aromatic rings. The van der Waals surface area contributed by atoms with Crippen molar-refractivity contribution in [3.63, 3.8) is 0 Å². The van der Waals surface area contributed by atoms with Crippen LogP contribution in [0.2, 0.25) is 0 Å². The number of hydrogen-bond donors (Lipinski definition) is 2. The Kier molecular flexibility index (Phi) is 4.27. The van der Waals surface area contributed by atoms with E-state index in [0.717, 1.165) is 31.0 Å². The Morgan fingerprint density at radius 3 is 2.84 bits per heavy atom. The van der Waals surface area contributed by atoms with E-state index in [0.29, 0.717) is 19.0 Å². The SMILES string of the molecule is CC(C)c1nc2c(n1CCNS(C)(=O)=O)CCNC2. The molecule has 0 saturated carbocycles. The third-order valence-corrected chi connectivity index (χ3v) is 3.96. The van der Waals surface area contributed by atoms with Crippen LogP contribution in [-0.2, 0) is 29.5 Å². The predicted octanol–water partition coefficient (Wildman–Crippen LogP) is 0.201. The van der Waals surface area contributed by atoms with E-state index in [2.05, 4.69) is 33.4 Å². The second-order valence-corrected chi connectivity index (χ2v) is 7.10. The maximum Gasteiger partial charge on any atom is 0.208 e. The minimum absolute atomic E-state index is 0.337. The van der Waals surface area contributed by atoms with Gasteiger partial charge >= 0.3 is 0 Å². The first kappa shape index (κ1) is 14.5. The second-order valence-electron chi connectivity index (χ2n) is 5.26. The summed E-state index contributed by atoms with van der Waals surface area (Å²) in [6, 6.07) is 0. The molecule has 0 bridgehead atoms. The van der Waals surface area contributed by atoms with Crippen molar-refractivity contribution in [1.82, 2.24) is 19.6 Å². The van der Waals surface area contributed by atoms with Crippen LogP contribution in [0.4, 0.5) is 0 Å². The molecule has 0 aromatic carbocycles. The lowest BCUT2D eigenvalue weighted by molar-refractivity contribution is 0.550. The minimum atomic E-state index is -3.13. The molecule has 2 heterocycles. The highest BCUT2D eigenvalue weighted by atomic mass is 32.2. The third-order valence-electron chi connectivity index (χ3n) is 3.23. The molecule has 0 spiro atoms. The van der Waals surface area contributed by atoms with Gasteiger partial charge in [-0.15, -0.1) is 0 Å². The smallest absolute Gasteiger partial charge is 0.208 e. The first-order valence-electron chi connectivity index (χ1n) is 6.62. The summed E-state index contributed by atoms with van der Waals surface area (Å²) in [6.45, 7) is 7.04. The summed E-state index contributed by atoms with van der Waals surface area (Å²) in [6.07, 6.45) is 2.14. The van der Waals surface area contributed by atoms with Gasteiger partial charge in [0.15, 0.2) is 0 Å². The molecule has 2 rings (SSSR count). The van der Waals surface area contributed by atoms with Crippen molar-refractivity contribution in [2.45, 2.75) is 39.3 Å². The summed E-state index contributed by atoms with van der Waals surface area (Å²) in [5.74, 6) is 1.38. The molecule has 7 heteroatoms. The number of nitrogens with one attached hydrogen (secondary N) is 2. The Morgan fingerprint density at radius 2 is 2.21 bits per heavy atom. The zero-order chi connectivity index (χ0) is 14.0. The van der Waals surface area contributed by atoms with Crippen LogP contribution in [0, 0.1) is 0 Å². The van der Waals surface area contributed by atoms with E-state index in [9.17, 15) is 8.42 Å². The molecule has 1 aromatic heterocycles. The normalized spacial score (nSPS) is 15.8. The standard InChI is InChI=1S/C12H22N4O2S/c1-9(2)12-15-10-8-13-5-4-11(10)16(12)7-6-14-19(3,17)18/h9,13-14H,4-8H2,1-3H3. The van der Waals surface area contributed by atoms with E-state index in [4.69, 9.17) is 0 Å². The van der Waals surface area contributed by atoms with Crippen LogP contribution in [0.1, 0.15) is 37.0 Å². The van der Waals surface area contributed by atoms with E-state index >= 15 is 0 Å². The number of nitrogens with zero attached hydrogens (tertiary/aromatic N) is 2. The summed E-state index contributed by atoms with van der Waals surface area (Å²) in [7, 11) is -3.13. The van der Waals surface area contributed by atoms with Gasteiger partial charge in [0, 0.05) is 44.2 Å². The van der Waals surface area contributed by atoms with Gasteiger partial charge in [0.25, 0.3) is 0 Å². The van der Waals surface area contributed by atoms with Gasteiger partial charge in [-0.05, 0) is 0 Å². The highest BCUT2D eigenvalue weighted by Crippen LogP contribution is 2.21. The van der Waals surface area contributed by atoms with Crippen LogP contribution < -0.4 is 10.0 Å². The second kappa shape index (κ2) is 5.60. The van der Waals surface area contributed by atoms with Crippen molar-refractivity contribution in [3.8, 4) is 0 Å². The maximum atomic E-state index is 11.1. The van der Waals surface area contributed by atoms with Crippen molar-refractivity contribution < 1.29 is 8.42 Å². The van der Waals surface area contributed by atoms with Crippen molar-refractivity contribution in [1.29, 1.82) is 0 Å². The highest BCUT2D eigenvalue weighted by molar-refractivity contribution is 7.88. The molecule has 2 N–H and O–H groups in total. The molecule has 0 radical (unpaired) electrons. The number of hydrogen-bond acceptors (Lipinski definition) is 4. The van der Waals surface area contributed by atoms with E-state index in [1.54, 1.807) is 0 Å². The summed E-state index contributed by atoms with van der Waals surface area (Å²) < 4.78 is 27.0. The number of fused-ring (bicyclic) bond motifs is 1. The molecule has 108 valence electrons. The largest absolute Gasteiger partial charge is 0.330 e. The Labute approximate surface area is 114 Å². The Balaban J connectivity index is 2.19. The van der Waals surface area contributed by atoms with Crippen molar-refractivity contribution >= 4 is 10.0 Å². The molecule has 6 nitrogen and oxygen atoms in total. The molecular formula is C12H22N4O2S. The van der Waals surface area contributed by atoms with Crippen molar-refractivity contribution in [2.75, 3.05) is 19.3 Å². The summed E-state index contributed by atoms with van der Waals surface area (Å²) in [5, 5.41) is 3.31. The number of imidazole rings is 1. The zero-order valence-corrected chi connectivity index (χ0v) is 12.5. The van der Waals surface area contributed by atoms with Crippen LogP contribution in [-0.4, -0.2) is 37.3 Å². The molecule has 1 aliphatic heterocycles. The van der Waals surface area contributed by atoms with Gasteiger partial charge in [-0.2, -0.15) is 0 Å². The monoisotopic (exact) mass is 286 g/mol. The van der Waals surface area contributed by atoms with Gasteiger partial charge in [0.2, 0.25) is 10.0 Å². The lowest BCUT2D eigenvalue weighted by Crippen LogP contribution is -2.29. The summed E-state index contributed by atoms with van der Waals surface area (Å²) in [4.78, 5) is 4.69. The average molecular weight is 286 g/mol. The first-order chi connectivity index (χ1) is 8.88. The Morgan fingerprint density at radius 1 is 1.47 bits per heavy atom. The molecule has 19 heavy (non-hydrogen) atoms. The number of rotatable bonds is 5. The van der Waals surface area contributed by atoms with E-state index in [1.807, 2.05) is 0 Å². The number of aromatic nitrogens is 2. The minimum Gasteiger partial charge on any atom is -0.330 e. The average Bonchev–Trinajstić information content (AvgIpc) is 2.67. The molecular weight excluding hydrogens is 264 g/mol. The van der Waals surface area contributed by atoms with Crippen molar-refractivity contribution in [2.24, 2.45) is 0 Å². The molecule has 0 amide bonds. The fourth-order valence-electron chi connectivity index (χ4n) is 2.42. The molecule has 0 aliphatic carbocycles. The van der Waals surface area contributed by atoms with Gasteiger partial charge in [-0.25, -0.2) is 18.1 Å².